The first-order valence-electron chi connectivity index (χ1n) is 6.93. The molecule has 20 heavy (non-hydrogen) atoms. The third-order valence-corrected chi connectivity index (χ3v) is 3.13. The number of nitrogens with zero attached hydrogens (tertiary/aromatic N) is 2. The van der Waals surface area contributed by atoms with Crippen LogP contribution in [0.4, 0.5) is 0 Å². The maximum absolute atomic E-state index is 12.4. The van der Waals surface area contributed by atoms with E-state index >= 15 is 0 Å². The Morgan fingerprint density at radius 2 is 2.10 bits per heavy atom. The van der Waals surface area contributed by atoms with Gasteiger partial charge < -0.3 is 15.0 Å². The molecule has 6 heteroatoms. The van der Waals surface area contributed by atoms with Gasteiger partial charge >= 0.3 is 0 Å². The monoisotopic (exact) mass is 281 g/mol. The molecule has 0 spiro atoms. The van der Waals surface area contributed by atoms with E-state index in [1.807, 2.05) is 20.8 Å². The lowest BCUT2D eigenvalue weighted by Crippen LogP contribution is -2.37. The van der Waals surface area contributed by atoms with Crippen molar-refractivity contribution in [2.45, 2.75) is 40.0 Å². The van der Waals surface area contributed by atoms with E-state index in [-0.39, 0.29) is 24.0 Å². The molecule has 0 bridgehead atoms. The average molecular weight is 281 g/mol. The van der Waals surface area contributed by atoms with Crippen LogP contribution >= 0.6 is 0 Å². The van der Waals surface area contributed by atoms with Gasteiger partial charge in [-0.3, -0.25) is 9.59 Å². The molecule has 1 amide bonds. The SMILES string of the molecule is CCN(CCCO)C(=O)c1c(C)nc(C(C)C)[nH]c1=O. The van der Waals surface area contributed by atoms with Gasteiger partial charge in [0.15, 0.2) is 0 Å². The first-order chi connectivity index (χ1) is 9.42. The molecule has 1 aromatic rings. The molecule has 0 fully saturated rings. The van der Waals surface area contributed by atoms with E-state index in [9.17, 15) is 9.59 Å². The summed E-state index contributed by atoms with van der Waals surface area (Å²) in [5.41, 5.74) is 0.146. The van der Waals surface area contributed by atoms with Crippen LogP contribution in [-0.4, -0.2) is 45.6 Å². The number of aromatic nitrogens is 2. The van der Waals surface area contributed by atoms with Crippen molar-refractivity contribution in [3.8, 4) is 0 Å². The summed E-state index contributed by atoms with van der Waals surface area (Å²) >= 11 is 0. The highest BCUT2D eigenvalue weighted by molar-refractivity contribution is 5.94. The summed E-state index contributed by atoms with van der Waals surface area (Å²) in [6.07, 6.45) is 0.494. The number of aryl methyl sites for hydroxylation is 1. The molecule has 1 aromatic heterocycles. The number of H-pyrrole nitrogens is 1. The Balaban J connectivity index is 3.12. The Morgan fingerprint density at radius 1 is 1.45 bits per heavy atom. The van der Waals surface area contributed by atoms with Crippen LogP contribution in [0.1, 0.15) is 55.0 Å². The van der Waals surface area contributed by atoms with Crippen LogP contribution in [0.2, 0.25) is 0 Å². The summed E-state index contributed by atoms with van der Waals surface area (Å²) in [7, 11) is 0. The Morgan fingerprint density at radius 3 is 2.55 bits per heavy atom. The average Bonchev–Trinajstić information content (AvgIpc) is 2.38. The molecule has 0 aliphatic carbocycles. The van der Waals surface area contributed by atoms with Crippen molar-refractivity contribution in [1.82, 2.24) is 14.9 Å². The fraction of sp³-hybridized carbons (Fsp3) is 0.643. The first kappa shape index (κ1) is 16.4. The standard InChI is InChI=1S/C14H23N3O3/c1-5-17(7-6-8-18)14(20)11-10(4)15-12(9(2)3)16-13(11)19/h9,18H,5-8H2,1-4H3,(H,15,16,19). The van der Waals surface area contributed by atoms with Gasteiger partial charge in [-0.05, 0) is 20.3 Å². The highest BCUT2D eigenvalue weighted by Crippen LogP contribution is 2.10. The van der Waals surface area contributed by atoms with Crippen LogP contribution in [0, 0.1) is 6.92 Å². The summed E-state index contributed by atoms with van der Waals surface area (Å²) in [4.78, 5) is 33.0. The first-order valence-corrected chi connectivity index (χ1v) is 6.93. The second kappa shape index (κ2) is 7.19. The van der Waals surface area contributed by atoms with Crippen molar-refractivity contribution < 1.29 is 9.90 Å². The van der Waals surface area contributed by atoms with E-state index in [2.05, 4.69) is 9.97 Å². The van der Waals surface area contributed by atoms with Crippen LogP contribution in [0.15, 0.2) is 4.79 Å². The summed E-state index contributed by atoms with van der Waals surface area (Å²) in [6, 6.07) is 0. The largest absolute Gasteiger partial charge is 0.396 e. The summed E-state index contributed by atoms with van der Waals surface area (Å²) < 4.78 is 0. The molecule has 0 saturated heterocycles. The van der Waals surface area contributed by atoms with E-state index in [1.165, 1.54) is 0 Å². The third kappa shape index (κ3) is 3.66. The van der Waals surface area contributed by atoms with Gasteiger partial charge in [0.1, 0.15) is 11.4 Å². The number of amides is 1. The van der Waals surface area contributed by atoms with Gasteiger partial charge in [-0.1, -0.05) is 13.8 Å². The lowest BCUT2D eigenvalue weighted by atomic mass is 10.1. The van der Waals surface area contributed by atoms with Gasteiger partial charge in [0.2, 0.25) is 0 Å². The number of aromatic amines is 1. The third-order valence-electron chi connectivity index (χ3n) is 3.13. The fourth-order valence-electron chi connectivity index (χ4n) is 1.96. The topological polar surface area (TPSA) is 86.3 Å². The van der Waals surface area contributed by atoms with Gasteiger partial charge in [0.05, 0.1) is 5.69 Å². The second-order valence-electron chi connectivity index (χ2n) is 5.03. The lowest BCUT2D eigenvalue weighted by Gasteiger charge is -2.21. The zero-order valence-electron chi connectivity index (χ0n) is 12.6. The summed E-state index contributed by atoms with van der Waals surface area (Å²) in [5, 5.41) is 8.85. The molecular weight excluding hydrogens is 258 g/mol. The number of carbonyl (C=O) groups excluding carboxylic acids is 1. The number of carbonyl (C=O) groups is 1. The minimum absolute atomic E-state index is 0.0175. The maximum Gasteiger partial charge on any atom is 0.264 e. The molecule has 0 unspecified atom stereocenters. The number of nitrogens with one attached hydrogen (secondary N) is 1. The van der Waals surface area contributed by atoms with Crippen molar-refractivity contribution >= 4 is 5.91 Å². The van der Waals surface area contributed by atoms with E-state index in [0.717, 1.165) is 0 Å². The van der Waals surface area contributed by atoms with Crippen molar-refractivity contribution in [1.29, 1.82) is 0 Å². The molecular formula is C14H23N3O3. The minimum Gasteiger partial charge on any atom is -0.396 e. The van der Waals surface area contributed by atoms with Crippen LogP contribution < -0.4 is 5.56 Å². The Labute approximate surface area is 118 Å². The van der Waals surface area contributed by atoms with Gasteiger partial charge in [0.25, 0.3) is 11.5 Å². The number of aliphatic hydroxyl groups is 1. The van der Waals surface area contributed by atoms with E-state index in [4.69, 9.17) is 5.11 Å². The molecule has 0 aliphatic rings. The Bertz CT molecular complexity index is 523. The molecule has 0 saturated carbocycles. The number of hydrogen-bond acceptors (Lipinski definition) is 4. The van der Waals surface area contributed by atoms with E-state index < -0.39 is 5.56 Å². The quantitative estimate of drug-likeness (QED) is 0.816. The molecule has 112 valence electrons. The van der Waals surface area contributed by atoms with Crippen LogP contribution in [0.5, 0.6) is 0 Å². The van der Waals surface area contributed by atoms with Gasteiger partial charge in [-0.2, -0.15) is 0 Å². The summed E-state index contributed by atoms with van der Waals surface area (Å²) in [6.45, 7) is 8.31. The Hall–Kier alpha value is -1.69. The predicted molar refractivity (Wildman–Crippen MR) is 77.0 cm³/mol. The van der Waals surface area contributed by atoms with Crippen molar-refractivity contribution in [3.05, 3.63) is 27.4 Å². The van der Waals surface area contributed by atoms with Crippen molar-refractivity contribution in [2.24, 2.45) is 0 Å². The smallest absolute Gasteiger partial charge is 0.264 e. The van der Waals surface area contributed by atoms with Gasteiger partial charge in [-0.25, -0.2) is 4.98 Å². The second-order valence-corrected chi connectivity index (χ2v) is 5.03. The normalized spacial score (nSPS) is 10.9. The number of hydrogen-bond donors (Lipinski definition) is 2. The molecule has 1 heterocycles. The van der Waals surface area contributed by atoms with Gasteiger partial charge in [-0.15, -0.1) is 0 Å². The molecule has 6 nitrogen and oxygen atoms in total. The lowest BCUT2D eigenvalue weighted by molar-refractivity contribution is 0.0751. The fourth-order valence-corrected chi connectivity index (χ4v) is 1.96. The maximum atomic E-state index is 12.4. The minimum atomic E-state index is -0.395. The number of aliphatic hydroxyl groups excluding tert-OH is 1. The molecule has 0 aromatic carbocycles. The molecule has 0 aliphatic heterocycles. The zero-order chi connectivity index (χ0) is 15.3. The highest BCUT2D eigenvalue weighted by atomic mass is 16.3. The van der Waals surface area contributed by atoms with E-state index in [0.29, 0.717) is 31.0 Å². The zero-order valence-corrected chi connectivity index (χ0v) is 12.6. The van der Waals surface area contributed by atoms with Crippen molar-refractivity contribution in [2.75, 3.05) is 19.7 Å². The van der Waals surface area contributed by atoms with Crippen LogP contribution in [0.25, 0.3) is 0 Å². The molecule has 0 radical (unpaired) electrons. The van der Waals surface area contributed by atoms with Gasteiger partial charge in [0, 0.05) is 25.6 Å². The van der Waals surface area contributed by atoms with Crippen molar-refractivity contribution in [3.63, 3.8) is 0 Å². The van der Waals surface area contributed by atoms with Crippen LogP contribution in [0.3, 0.4) is 0 Å². The highest BCUT2D eigenvalue weighted by Gasteiger charge is 2.21. The Kier molecular flexibility index (Phi) is 5.88. The number of rotatable bonds is 6. The molecule has 1 rings (SSSR count). The molecule has 2 N–H and O–H groups in total. The summed E-state index contributed by atoms with van der Waals surface area (Å²) in [5.74, 6) is 0.354. The van der Waals surface area contributed by atoms with Crippen LogP contribution in [-0.2, 0) is 0 Å². The molecule has 0 atom stereocenters. The van der Waals surface area contributed by atoms with E-state index in [1.54, 1.807) is 11.8 Å². The predicted octanol–water partition coefficient (Wildman–Crippen LogP) is 1.05.